The molecule has 0 spiro atoms. The fourth-order valence-corrected chi connectivity index (χ4v) is 1.80. The van der Waals surface area contributed by atoms with Crippen LogP contribution in [0.4, 0.5) is 0 Å². The van der Waals surface area contributed by atoms with E-state index in [4.69, 9.17) is 10.5 Å². The predicted octanol–water partition coefficient (Wildman–Crippen LogP) is 2.02. The number of hydrogen-bond acceptors (Lipinski definition) is 3. The topological polar surface area (TPSA) is 59.6 Å². The number of nitrogens with two attached hydrogens (primary N) is 1. The maximum Gasteiger partial charge on any atom is 0.184 e. The first kappa shape index (κ1) is 12.3. The zero-order valence-electron chi connectivity index (χ0n) is 9.88. The van der Waals surface area contributed by atoms with E-state index in [1.54, 1.807) is 13.3 Å². The highest BCUT2D eigenvalue weighted by molar-refractivity contribution is 7.80. The number of hydrazone groups is 1. The summed E-state index contributed by atoms with van der Waals surface area (Å²) in [6.07, 6.45) is 1.65. The molecule has 2 aromatic carbocycles. The van der Waals surface area contributed by atoms with Gasteiger partial charge in [0.15, 0.2) is 5.11 Å². The van der Waals surface area contributed by atoms with Crippen molar-refractivity contribution in [1.82, 2.24) is 5.43 Å². The Balaban J connectivity index is 2.51. The van der Waals surface area contributed by atoms with Crippen molar-refractivity contribution >= 4 is 34.3 Å². The van der Waals surface area contributed by atoms with Crippen molar-refractivity contribution in [2.45, 2.75) is 0 Å². The summed E-state index contributed by atoms with van der Waals surface area (Å²) in [5, 5.41) is 6.29. The summed E-state index contributed by atoms with van der Waals surface area (Å²) in [6, 6.07) is 11.9. The Bertz CT molecular complexity index is 610. The third-order valence-electron chi connectivity index (χ3n) is 2.52. The van der Waals surface area contributed by atoms with Crippen LogP contribution in [0.1, 0.15) is 5.56 Å². The molecule has 92 valence electrons. The summed E-state index contributed by atoms with van der Waals surface area (Å²) < 4.78 is 5.33. The van der Waals surface area contributed by atoms with Crippen molar-refractivity contribution in [3.63, 3.8) is 0 Å². The van der Waals surface area contributed by atoms with Crippen LogP contribution in [0.5, 0.6) is 5.75 Å². The largest absolute Gasteiger partial charge is 0.496 e. The molecule has 2 aromatic rings. The molecule has 0 unspecified atom stereocenters. The Hall–Kier alpha value is -2.14. The van der Waals surface area contributed by atoms with Crippen molar-refractivity contribution in [1.29, 1.82) is 0 Å². The van der Waals surface area contributed by atoms with Gasteiger partial charge in [0, 0.05) is 5.56 Å². The quantitative estimate of drug-likeness (QED) is 0.503. The Kier molecular flexibility index (Phi) is 3.74. The molecular formula is C13H13N3OS. The maximum absolute atomic E-state index is 5.33. The lowest BCUT2D eigenvalue weighted by Gasteiger charge is -2.08. The van der Waals surface area contributed by atoms with Gasteiger partial charge < -0.3 is 10.5 Å². The molecule has 0 bridgehead atoms. The van der Waals surface area contributed by atoms with Crippen LogP contribution in [0.25, 0.3) is 10.8 Å². The first-order valence-electron chi connectivity index (χ1n) is 5.36. The van der Waals surface area contributed by atoms with Gasteiger partial charge in [-0.1, -0.05) is 30.3 Å². The lowest BCUT2D eigenvalue weighted by Crippen LogP contribution is -2.24. The summed E-state index contributed by atoms with van der Waals surface area (Å²) in [7, 11) is 1.63. The highest BCUT2D eigenvalue weighted by Gasteiger charge is 2.05. The molecule has 0 saturated heterocycles. The number of methoxy groups -OCH3 is 1. The lowest BCUT2D eigenvalue weighted by atomic mass is 10.0. The van der Waals surface area contributed by atoms with Gasteiger partial charge >= 0.3 is 0 Å². The molecule has 0 saturated carbocycles. The molecule has 4 nitrogen and oxygen atoms in total. The molecule has 2 rings (SSSR count). The third kappa shape index (κ3) is 2.57. The number of nitrogens with one attached hydrogen (secondary N) is 1. The highest BCUT2D eigenvalue weighted by Crippen LogP contribution is 2.26. The lowest BCUT2D eigenvalue weighted by molar-refractivity contribution is 0.415. The van der Waals surface area contributed by atoms with Crippen LogP contribution in [0.3, 0.4) is 0 Å². The molecule has 3 N–H and O–H groups in total. The minimum Gasteiger partial charge on any atom is -0.496 e. The van der Waals surface area contributed by atoms with Gasteiger partial charge in [-0.2, -0.15) is 5.10 Å². The van der Waals surface area contributed by atoms with Crippen molar-refractivity contribution in [2.24, 2.45) is 10.8 Å². The van der Waals surface area contributed by atoms with E-state index < -0.39 is 0 Å². The number of nitrogens with zero attached hydrogens (tertiary/aromatic N) is 1. The molecule has 0 aromatic heterocycles. The molecule has 0 amide bonds. The smallest absolute Gasteiger partial charge is 0.184 e. The van der Waals surface area contributed by atoms with Crippen LogP contribution in [-0.2, 0) is 0 Å². The fourth-order valence-electron chi connectivity index (χ4n) is 1.75. The molecule has 0 heterocycles. The molecule has 0 aliphatic heterocycles. The predicted molar refractivity (Wildman–Crippen MR) is 78.0 cm³/mol. The summed E-state index contributed by atoms with van der Waals surface area (Å²) in [6.45, 7) is 0. The molecule has 0 aliphatic rings. The number of fused-ring (bicyclic) bond motifs is 1. The minimum absolute atomic E-state index is 0.130. The zero-order valence-corrected chi connectivity index (χ0v) is 10.7. The van der Waals surface area contributed by atoms with Gasteiger partial charge in [0.25, 0.3) is 0 Å². The average molecular weight is 259 g/mol. The van der Waals surface area contributed by atoms with Crippen molar-refractivity contribution in [3.8, 4) is 5.75 Å². The molecule has 0 radical (unpaired) electrons. The highest BCUT2D eigenvalue weighted by atomic mass is 32.1. The Morgan fingerprint density at radius 2 is 2.11 bits per heavy atom. The van der Waals surface area contributed by atoms with E-state index >= 15 is 0 Å². The number of hydrogen-bond donors (Lipinski definition) is 2. The Morgan fingerprint density at radius 3 is 2.83 bits per heavy atom. The average Bonchev–Trinajstić information content (AvgIpc) is 2.38. The molecule has 0 atom stereocenters. The Morgan fingerprint density at radius 1 is 1.33 bits per heavy atom. The SMILES string of the molecule is COc1ccc2ccccc2c1C=NNC(N)=S. The Labute approximate surface area is 110 Å². The van der Waals surface area contributed by atoms with Crippen LogP contribution in [0, 0.1) is 0 Å². The molecule has 5 heteroatoms. The second-order valence-corrected chi connectivity index (χ2v) is 4.08. The van der Waals surface area contributed by atoms with E-state index in [1.165, 1.54) is 0 Å². The van der Waals surface area contributed by atoms with E-state index in [9.17, 15) is 0 Å². The second kappa shape index (κ2) is 5.46. The second-order valence-electron chi connectivity index (χ2n) is 3.64. The first-order chi connectivity index (χ1) is 8.72. The third-order valence-corrected chi connectivity index (χ3v) is 2.61. The molecule has 0 fully saturated rings. The standard InChI is InChI=1S/C13H13N3OS/c1-17-12-7-6-9-4-2-3-5-10(9)11(12)8-15-16-13(14)18/h2-8H,1H3,(H3,14,16,18). The van der Waals surface area contributed by atoms with E-state index in [1.807, 2.05) is 36.4 Å². The number of rotatable bonds is 3. The fraction of sp³-hybridized carbons (Fsp3) is 0.0769. The van der Waals surface area contributed by atoms with Gasteiger partial charge in [0.05, 0.1) is 13.3 Å². The number of thiocarbonyl (C=S) groups is 1. The van der Waals surface area contributed by atoms with Gasteiger partial charge in [0.1, 0.15) is 5.75 Å². The normalized spacial score (nSPS) is 10.7. The van der Waals surface area contributed by atoms with Gasteiger partial charge in [-0.15, -0.1) is 0 Å². The van der Waals surface area contributed by atoms with Gasteiger partial charge in [0.2, 0.25) is 0 Å². The van der Waals surface area contributed by atoms with Crippen molar-refractivity contribution in [3.05, 3.63) is 42.0 Å². The first-order valence-corrected chi connectivity index (χ1v) is 5.77. The van der Waals surface area contributed by atoms with Gasteiger partial charge in [-0.3, -0.25) is 5.43 Å². The van der Waals surface area contributed by atoms with Crippen LogP contribution in [0.15, 0.2) is 41.5 Å². The number of benzene rings is 2. The molecular weight excluding hydrogens is 246 g/mol. The van der Waals surface area contributed by atoms with Crippen LogP contribution in [-0.4, -0.2) is 18.4 Å². The number of ether oxygens (including phenoxy) is 1. The summed E-state index contributed by atoms with van der Waals surface area (Å²) in [5.74, 6) is 0.752. The van der Waals surface area contributed by atoms with E-state index in [2.05, 4.69) is 22.7 Å². The van der Waals surface area contributed by atoms with Crippen LogP contribution >= 0.6 is 12.2 Å². The van der Waals surface area contributed by atoms with Crippen LogP contribution < -0.4 is 15.9 Å². The van der Waals surface area contributed by atoms with E-state index in [0.29, 0.717) is 0 Å². The maximum atomic E-state index is 5.33. The summed E-state index contributed by atoms with van der Waals surface area (Å²) >= 11 is 4.69. The molecule has 0 aliphatic carbocycles. The molecule has 18 heavy (non-hydrogen) atoms. The van der Waals surface area contributed by atoms with Gasteiger partial charge in [-0.25, -0.2) is 0 Å². The van der Waals surface area contributed by atoms with Gasteiger partial charge in [-0.05, 0) is 29.1 Å². The summed E-state index contributed by atoms with van der Waals surface area (Å²) in [5.41, 5.74) is 8.74. The van der Waals surface area contributed by atoms with Crippen LogP contribution in [0.2, 0.25) is 0 Å². The zero-order chi connectivity index (χ0) is 13.0. The monoisotopic (exact) mass is 259 g/mol. The van der Waals surface area contributed by atoms with E-state index in [0.717, 1.165) is 22.1 Å². The summed E-state index contributed by atoms with van der Waals surface area (Å²) in [4.78, 5) is 0. The van der Waals surface area contributed by atoms with E-state index in [-0.39, 0.29) is 5.11 Å². The van der Waals surface area contributed by atoms with Crippen molar-refractivity contribution < 1.29 is 4.74 Å². The minimum atomic E-state index is 0.130. The van der Waals surface area contributed by atoms with Crippen molar-refractivity contribution in [2.75, 3.05) is 7.11 Å².